The van der Waals surface area contributed by atoms with Crippen molar-refractivity contribution in [2.24, 2.45) is 0 Å². The normalized spacial score (nSPS) is 12.3. The first-order valence-electron chi connectivity index (χ1n) is 5.05. The van der Waals surface area contributed by atoms with Crippen LogP contribution >= 0.6 is 17.0 Å². The minimum absolute atomic E-state index is 0.826. The summed E-state index contributed by atoms with van der Waals surface area (Å²) in [4.78, 5) is 0. The van der Waals surface area contributed by atoms with E-state index in [1.165, 1.54) is 30.4 Å². The van der Waals surface area contributed by atoms with E-state index in [0.29, 0.717) is 0 Å². The third kappa shape index (κ3) is 4.43. The van der Waals surface area contributed by atoms with Gasteiger partial charge in [-0.3, -0.25) is 0 Å². The van der Waals surface area contributed by atoms with Crippen molar-refractivity contribution in [3.05, 3.63) is 41.0 Å². The van der Waals surface area contributed by atoms with Crippen LogP contribution in [0.15, 0.2) is 29.8 Å². The Kier molecular flexibility index (Phi) is 6.88. The molecule has 1 aromatic carbocycles. The van der Waals surface area contributed by atoms with Gasteiger partial charge in [0.1, 0.15) is 0 Å². The monoisotopic (exact) mass is 318 g/mol. The molecule has 0 saturated heterocycles. The summed E-state index contributed by atoms with van der Waals surface area (Å²) in [6.45, 7) is 2.24. The van der Waals surface area contributed by atoms with E-state index in [4.69, 9.17) is 17.0 Å². The fraction of sp³-hybridized carbons (Fsp3) is 0.333. The van der Waals surface area contributed by atoms with Crippen molar-refractivity contribution in [3.63, 3.8) is 0 Å². The Hall–Kier alpha value is 0.423. The van der Waals surface area contributed by atoms with Crippen molar-refractivity contribution in [1.29, 1.82) is 0 Å². The Balaban J connectivity index is 0.000000337. The quantitative estimate of drug-likeness (QED) is 0.734. The third-order valence-electron chi connectivity index (χ3n) is 2.40. The topological polar surface area (TPSA) is 0 Å². The fourth-order valence-electron chi connectivity index (χ4n) is 1.83. The summed E-state index contributed by atoms with van der Waals surface area (Å²) in [5.74, 6) is 0. The molecule has 0 atom stereocenters. The van der Waals surface area contributed by atoms with Gasteiger partial charge in [0.05, 0.1) is 0 Å². The summed E-state index contributed by atoms with van der Waals surface area (Å²) in [6, 6.07) is 8.68. The van der Waals surface area contributed by atoms with Crippen molar-refractivity contribution >= 4 is 23.1 Å². The molecule has 0 amide bonds. The molecule has 1 aliphatic carbocycles. The van der Waals surface area contributed by atoms with Gasteiger partial charge in [0.25, 0.3) is 0 Å². The second kappa shape index (κ2) is 7.66. The second-order valence-corrected chi connectivity index (χ2v) is 7.23. The molecule has 0 N–H and O–H groups in total. The van der Waals surface area contributed by atoms with Crippen LogP contribution in [0.2, 0.25) is 0 Å². The maximum atomic E-state index is 4.93. The molecular weight excluding hydrogens is 306 g/mol. The zero-order chi connectivity index (χ0) is 11.1. The first kappa shape index (κ1) is 13.5. The van der Waals surface area contributed by atoms with E-state index in [1.54, 1.807) is 5.57 Å². The van der Waals surface area contributed by atoms with Crippen LogP contribution in [0.1, 0.15) is 30.9 Å². The molecule has 0 bridgehead atoms. The van der Waals surface area contributed by atoms with Gasteiger partial charge in [-0.05, 0) is 24.0 Å². The van der Waals surface area contributed by atoms with Crippen LogP contribution in [0.25, 0.3) is 6.08 Å². The third-order valence-corrected chi connectivity index (χ3v) is 2.40. The number of fused-ring (bicyclic) bond motifs is 1. The number of benzene rings is 1. The van der Waals surface area contributed by atoms with Crippen LogP contribution in [-0.2, 0) is 27.3 Å². The second-order valence-electron chi connectivity index (χ2n) is 3.50. The molecule has 0 nitrogen and oxygen atoms in total. The fourth-order valence-corrected chi connectivity index (χ4v) is 1.83. The molecule has 0 spiro atoms. The predicted octanol–water partition coefficient (Wildman–Crippen LogP) is 4.80. The number of rotatable bonds is 2. The molecule has 0 aromatic heterocycles. The SMILES string of the molecule is CCCC1=Cc2ccccc2C1.[Cl][Zr][Cl]. The standard InChI is InChI=1S/C12H14.2ClH.Zr/c1-2-5-10-8-11-6-3-4-7-12(11)9-10;;;/h3-4,6-8H,2,5,9H2,1H3;2*1H;/q;;;+2/p-2. The minimum atomic E-state index is -0.826. The molecule has 0 aliphatic heterocycles. The van der Waals surface area contributed by atoms with Crippen molar-refractivity contribution in [2.45, 2.75) is 26.2 Å². The van der Waals surface area contributed by atoms with E-state index in [9.17, 15) is 0 Å². The molecule has 0 fully saturated rings. The molecular formula is C12H14Cl2Zr. The van der Waals surface area contributed by atoms with E-state index in [0.717, 1.165) is 0 Å². The van der Waals surface area contributed by atoms with Crippen molar-refractivity contribution < 1.29 is 20.8 Å². The Bertz CT molecular complexity index is 334. The predicted molar refractivity (Wildman–Crippen MR) is 64.7 cm³/mol. The summed E-state index contributed by atoms with van der Waals surface area (Å²) in [7, 11) is 9.87. The van der Waals surface area contributed by atoms with E-state index in [1.807, 2.05) is 0 Å². The maximum absolute atomic E-state index is 4.93. The van der Waals surface area contributed by atoms with Crippen LogP contribution < -0.4 is 0 Å². The molecule has 1 aliphatic rings. The number of hydrogen-bond donors (Lipinski definition) is 0. The van der Waals surface area contributed by atoms with Crippen molar-refractivity contribution in [3.8, 4) is 0 Å². The average Bonchev–Trinajstić information content (AvgIpc) is 2.61. The molecule has 3 heteroatoms. The number of allylic oxidation sites excluding steroid dienone is 1. The van der Waals surface area contributed by atoms with Gasteiger partial charge in [-0.2, -0.15) is 0 Å². The van der Waals surface area contributed by atoms with Crippen molar-refractivity contribution in [1.82, 2.24) is 0 Å². The van der Waals surface area contributed by atoms with Crippen LogP contribution in [0.3, 0.4) is 0 Å². The molecule has 0 saturated carbocycles. The summed E-state index contributed by atoms with van der Waals surface area (Å²) in [5.41, 5.74) is 4.53. The summed E-state index contributed by atoms with van der Waals surface area (Å²) >= 11 is -0.826. The van der Waals surface area contributed by atoms with Crippen molar-refractivity contribution in [2.75, 3.05) is 0 Å². The Morgan fingerprint density at radius 1 is 1.27 bits per heavy atom. The Labute approximate surface area is 110 Å². The average molecular weight is 320 g/mol. The van der Waals surface area contributed by atoms with Crippen LogP contribution in [-0.4, -0.2) is 0 Å². The van der Waals surface area contributed by atoms with E-state index < -0.39 is 20.8 Å². The molecule has 80 valence electrons. The van der Waals surface area contributed by atoms with Gasteiger partial charge in [-0.1, -0.05) is 49.3 Å². The van der Waals surface area contributed by atoms with Crippen LogP contribution in [0, 0.1) is 0 Å². The van der Waals surface area contributed by atoms with Gasteiger partial charge < -0.3 is 0 Å². The Morgan fingerprint density at radius 3 is 2.53 bits per heavy atom. The zero-order valence-electron chi connectivity index (χ0n) is 8.76. The van der Waals surface area contributed by atoms with Gasteiger partial charge in [-0.25, -0.2) is 0 Å². The molecule has 0 unspecified atom stereocenters. The van der Waals surface area contributed by atoms with E-state index in [-0.39, 0.29) is 0 Å². The van der Waals surface area contributed by atoms with Gasteiger partial charge in [0.15, 0.2) is 0 Å². The number of hydrogen-bond acceptors (Lipinski definition) is 0. The summed E-state index contributed by atoms with van der Waals surface area (Å²) in [6.07, 6.45) is 6.05. The summed E-state index contributed by atoms with van der Waals surface area (Å²) < 4.78 is 0. The first-order valence-corrected chi connectivity index (χ1v) is 11.4. The molecule has 0 heterocycles. The number of halogens is 2. The molecule has 2 rings (SSSR count). The van der Waals surface area contributed by atoms with Gasteiger partial charge in [0, 0.05) is 0 Å². The van der Waals surface area contributed by atoms with Crippen LogP contribution in [0.5, 0.6) is 0 Å². The zero-order valence-corrected chi connectivity index (χ0v) is 12.7. The summed E-state index contributed by atoms with van der Waals surface area (Å²) in [5, 5.41) is 0. The first-order chi connectivity index (χ1) is 7.31. The van der Waals surface area contributed by atoms with Crippen LogP contribution in [0.4, 0.5) is 0 Å². The van der Waals surface area contributed by atoms with E-state index >= 15 is 0 Å². The van der Waals surface area contributed by atoms with Gasteiger partial charge >= 0.3 is 37.9 Å². The molecule has 1 aromatic rings. The van der Waals surface area contributed by atoms with Gasteiger partial charge in [-0.15, -0.1) is 0 Å². The molecule has 15 heavy (non-hydrogen) atoms. The van der Waals surface area contributed by atoms with E-state index in [2.05, 4.69) is 37.3 Å². The Morgan fingerprint density at radius 2 is 1.93 bits per heavy atom. The van der Waals surface area contributed by atoms with Gasteiger partial charge in [0.2, 0.25) is 0 Å². The molecule has 0 radical (unpaired) electrons.